The maximum absolute atomic E-state index is 12.4. The van der Waals surface area contributed by atoms with E-state index in [4.69, 9.17) is 9.47 Å². The fourth-order valence-electron chi connectivity index (χ4n) is 4.13. The van der Waals surface area contributed by atoms with Gasteiger partial charge in [0, 0.05) is 24.6 Å². The van der Waals surface area contributed by atoms with E-state index in [1.807, 2.05) is 39.8 Å². The molecule has 1 spiro atoms. The first-order chi connectivity index (χ1) is 12.7. The third kappa shape index (κ3) is 4.18. The Morgan fingerprint density at radius 1 is 1.19 bits per heavy atom. The average Bonchev–Trinajstić information content (AvgIpc) is 2.88. The molecule has 1 fully saturated rings. The van der Waals surface area contributed by atoms with Gasteiger partial charge in [-0.15, -0.1) is 0 Å². The zero-order valence-corrected chi connectivity index (χ0v) is 16.7. The van der Waals surface area contributed by atoms with Crippen LogP contribution in [-0.4, -0.2) is 42.3 Å². The Morgan fingerprint density at radius 3 is 2.48 bits per heavy atom. The van der Waals surface area contributed by atoms with Crippen molar-refractivity contribution in [3.8, 4) is 0 Å². The minimum atomic E-state index is -0.484. The number of allylic oxidation sites excluding steroid dienone is 1. The largest absolute Gasteiger partial charge is 0.463 e. The second kappa shape index (κ2) is 7.37. The Labute approximate surface area is 161 Å². The lowest BCUT2D eigenvalue weighted by Gasteiger charge is -2.40. The quantitative estimate of drug-likeness (QED) is 0.574. The molecule has 1 heterocycles. The molecule has 1 aliphatic heterocycles. The number of carbonyl (C=O) groups excluding carboxylic acids is 2. The molecule has 3 rings (SSSR count). The Hall–Kier alpha value is -2.30. The predicted molar refractivity (Wildman–Crippen MR) is 104 cm³/mol. The number of amides is 1. The van der Waals surface area contributed by atoms with Crippen LogP contribution >= 0.6 is 0 Å². The van der Waals surface area contributed by atoms with Crippen LogP contribution in [0.2, 0.25) is 0 Å². The average molecular weight is 371 g/mol. The minimum absolute atomic E-state index is 0.0204. The molecule has 5 nitrogen and oxygen atoms in total. The normalized spacial score (nSPS) is 19.9. The summed E-state index contributed by atoms with van der Waals surface area (Å²) in [5.74, 6) is -0.287. The summed E-state index contributed by atoms with van der Waals surface area (Å²) < 4.78 is 10.6. The monoisotopic (exact) mass is 371 g/mol. The summed E-state index contributed by atoms with van der Waals surface area (Å²) in [6.45, 7) is 9.17. The van der Waals surface area contributed by atoms with E-state index in [0.29, 0.717) is 19.7 Å². The van der Waals surface area contributed by atoms with Crippen LogP contribution in [0.15, 0.2) is 30.3 Å². The molecule has 1 aromatic rings. The molecule has 5 heteroatoms. The molecule has 0 unspecified atom stereocenters. The van der Waals surface area contributed by atoms with E-state index in [1.54, 1.807) is 11.0 Å². The zero-order chi connectivity index (χ0) is 19.7. The van der Waals surface area contributed by atoms with Gasteiger partial charge < -0.3 is 14.4 Å². The van der Waals surface area contributed by atoms with Gasteiger partial charge in [0.1, 0.15) is 5.60 Å². The maximum atomic E-state index is 12.4. The van der Waals surface area contributed by atoms with E-state index < -0.39 is 5.60 Å². The molecule has 1 amide bonds. The molecule has 2 aliphatic rings. The van der Waals surface area contributed by atoms with Gasteiger partial charge in [-0.1, -0.05) is 24.3 Å². The number of benzene rings is 1. The lowest BCUT2D eigenvalue weighted by molar-refractivity contribution is -0.137. The second-order valence-corrected chi connectivity index (χ2v) is 8.39. The minimum Gasteiger partial charge on any atom is -0.463 e. The summed E-state index contributed by atoms with van der Waals surface area (Å²) in [5, 5.41) is 0. The van der Waals surface area contributed by atoms with Gasteiger partial charge in [-0.05, 0) is 63.7 Å². The van der Waals surface area contributed by atoms with Gasteiger partial charge in [0.25, 0.3) is 0 Å². The summed E-state index contributed by atoms with van der Waals surface area (Å²) in [6.07, 6.45) is 3.93. The summed E-state index contributed by atoms with van der Waals surface area (Å²) in [5.41, 5.74) is 2.95. The van der Waals surface area contributed by atoms with Crippen LogP contribution in [0.4, 0.5) is 4.79 Å². The van der Waals surface area contributed by atoms with Crippen LogP contribution in [-0.2, 0) is 19.7 Å². The molecular formula is C22H29NO4. The number of likely N-dealkylation sites (tertiary alicyclic amines) is 1. The first-order valence-electron chi connectivity index (χ1n) is 9.69. The molecular weight excluding hydrogens is 342 g/mol. The lowest BCUT2D eigenvalue weighted by atomic mass is 9.73. The number of esters is 1. The highest BCUT2D eigenvalue weighted by molar-refractivity contribution is 5.93. The molecule has 1 saturated heterocycles. The van der Waals surface area contributed by atoms with Crippen molar-refractivity contribution in [1.82, 2.24) is 4.90 Å². The highest BCUT2D eigenvalue weighted by Gasteiger charge is 2.44. The maximum Gasteiger partial charge on any atom is 0.410 e. The number of hydrogen-bond donors (Lipinski definition) is 0. The fourth-order valence-corrected chi connectivity index (χ4v) is 4.13. The van der Waals surface area contributed by atoms with Crippen molar-refractivity contribution >= 4 is 17.6 Å². The molecule has 1 aliphatic carbocycles. The van der Waals surface area contributed by atoms with Gasteiger partial charge in [0.15, 0.2) is 0 Å². The topological polar surface area (TPSA) is 55.8 Å². The third-order valence-corrected chi connectivity index (χ3v) is 5.32. The van der Waals surface area contributed by atoms with E-state index in [-0.39, 0.29) is 17.5 Å². The SMILES string of the molecule is CCOC(=O)C=C1CC2(CCN(C(=O)OC(C)(C)C)CC2)c2ccccc21. The van der Waals surface area contributed by atoms with E-state index in [1.165, 1.54) is 5.56 Å². The van der Waals surface area contributed by atoms with Crippen molar-refractivity contribution in [2.45, 2.75) is 58.0 Å². The van der Waals surface area contributed by atoms with Gasteiger partial charge >= 0.3 is 12.1 Å². The van der Waals surface area contributed by atoms with Crippen molar-refractivity contribution in [3.63, 3.8) is 0 Å². The molecule has 0 N–H and O–H groups in total. The van der Waals surface area contributed by atoms with Gasteiger partial charge in [-0.2, -0.15) is 0 Å². The molecule has 146 valence electrons. The first kappa shape index (κ1) is 19.5. The van der Waals surface area contributed by atoms with E-state index in [0.717, 1.165) is 30.4 Å². The molecule has 1 aromatic carbocycles. The second-order valence-electron chi connectivity index (χ2n) is 8.39. The standard InChI is InChI=1S/C22H29NO4/c1-5-26-19(24)14-16-15-22(18-9-7-6-8-17(16)18)10-12-23(13-11-22)20(25)27-21(2,3)4/h6-9,14H,5,10-13,15H2,1-4H3. The molecule has 0 aromatic heterocycles. The highest BCUT2D eigenvalue weighted by Crippen LogP contribution is 2.51. The van der Waals surface area contributed by atoms with Gasteiger partial charge in [-0.25, -0.2) is 9.59 Å². The summed E-state index contributed by atoms with van der Waals surface area (Å²) in [7, 11) is 0. The molecule has 0 bridgehead atoms. The summed E-state index contributed by atoms with van der Waals surface area (Å²) in [6, 6.07) is 8.29. The molecule has 27 heavy (non-hydrogen) atoms. The van der Waals surface area contributed by atoms with Gasteiger partial charge in [0.2, 0.25) is 0 Å². The molecule has 0 saturated carbocycles. The van der Waals surface area contributed by atoms with Crippen molar-refractivity contribution < 1.29 is 19.1 Å². The van der Waals surface area contributed by atoms with E-state index in [9.17, 15) is 9.59 Å². The van der Waals surface area contributed by atoms with Crippen LogP contribution in [0.3, 0.4) is 0 Å². The van der Waals surface area contributed by atoms with E-state index in [2.05, 4.69) is 12.1 Å². The van der Waals surface area contributed by atoms with Crippen LogP contribution in [0.5, 0.6) is 0 Å². The number of nitrogens with zero attached hydrogens (tertiary/aromatic N) is 1. The predicted octanol–water partition coefficient (Wildman–Crippen LogP) is 4.31. The van der Waals surface area contributed by atoms with Crippen molar-refractivity contribution in [2.24, 2.45) is 0 Å². The van der Waals surface area contributed by atoms with Crippen molar-refractivity contribution in [3.05, 3.63) is 41.5 Å². The van der Waals surface area contributed by atoms with Crippen LogP contribution in [0.25, 0.3) is 5.57 Å². The first-order valence-corrected chi connectivity index (χ1v) is 9.69. The molecule has 0 atom stereocenters. The van der Waals surface area contributed by atoms with Crippen LogP contribution in [0, 0.1) is 0 Å². The lowest BCUT2D eigenvalue weighted by Crippen LogP contribution is -2.46. The zero-order valence-electron chi connectivity index (χ0n) is 16.7. The smallest absolute Gasteiger partial charge is 0.410 e. The Morgan fingerprint density at radius 2 is 1.85 bits per heavy atom. The van der Waals surface area contributed by atoms with Crippen molar-refractivity contribution in [2.75, 3.05) is 19.7 Å². The molecule has 0 radical (unpaired) electrons. The highest BCUT2D eigenvalue weighted by atomic mass is 16.6. The Kier molecular flexibility index (Phi) is 5.31. The Bertz CT molecular complexity index is 752. The number of piperidine rings is 1. The third-order valence-electron chi connectivity index (χ3n) is 5.32. The summed E-state index contributed by atoms with van der Waals surface area (Å²) in [4.78, 5) is 26.2. The summed E-state index contributed by atoms with van der Waals surface area (Å²) >= 11 is 0. The van der Waals surface area contributed by atoms with Crippen LogP contribution in [0.1, 0.15) is 58.1 Å². The fraction of sp³-hybridized carbons (Fsp3) is 0.545. The van der Waals surface area contributed by atoms with E-state index >= 15 is 0 Å². The Balaban J connectivity index is 1.78. The van der Waals surface area contributed by atoms with Crippen molar-refractivity contribution in [1.29, 1.82) is 0 Å². The number of fused-ring (bicyclic) bond motifs is 2. The van der Waals surface area contributed by atoms with Gasteiger partial charge in [-0.3, -0.25) is 0 Å². The number of hydrogen-bond acceptors (Lipinski definition) is 4. The number of rotatable bonds is 2. The number of ether oxygens (including phenoxy) is 2. The van der Waals surface area contributed by atoms with Gasteiger partial charge in [0.05, 0.1) is 6.61 Å². The number of carbonyl (C=O) groups is 2. The van der Waals surface area contributed by atoms with Crippen LogP contribution < -0.4 is 0 Å².